The smallest absolute Gasteiger partial charge is 0.275 e. The predicted octanol–water partition coefficient (Wildman–Crippen LogP) is 2.27. The molecule has 0 unspecified atom stereocenters. The molecule has 0 radical (unpaired) electrons. The van der Waals surface area contributed by atoms with Gasteiger partial charge in [0.15, 0.2) is 11.4 Å². The van der Waals surface area contributed by atoms with Crippen molar-refractivity contribution in [2.75, 3.05) is 6.54 Å². The highest BCUT2D eigenvalue weighted by Gasteiger charge is 2.23. The highest BCUT2D eigenvalue weighted by molar-refractivity contribution is 5.94. The number of nitrogens with one attached hydrogen (secondary N) is 1. The van der Waals surface area contributed by atoms with Crippen LogP contribution in [0.1, 0.15) is 42.7 Å². The number of amides is 1. The number of carbonyl (C=O) groups is 1. The van der Waals surface area contributed by atoms with Crippen LogP contribution in [0.4, 0.5) is 4.39 Å². The third kappa shape index (κ3) is 3.73. The fourth-order valence-electron chi connectivity index (χ4n) is 2.37. The second-order valence-electron chi connectivity index (χ2n) is 5.99. The molecule has 0 atom stereocenters. The second-order valence-corrected chi connectivity index (χ2v) is 5.99. The number of aromatic hydroxyl groups is 1. The first-order valence-corrected chi connectivity index (χ1v) is 7.92. The van der Waals surface area contributed by atoms with Crippen LogP contribution in [0, 0.1) is 12.7 Å². The van der Waals surface area contributed by atoms with E-state index >= 15 is 0 Å². The van der Waals surface area contributed by atoms with Crippen LogP contribution >= 0.6 is 0 Å². The van der Waals surface area contributed by atoms with Crippen molar-refractivity contribution in [1.82, 2.24) is 15.1 Å². The molecule has 2 rings (SSSR count). The molecular formula is C17H23FN4O2. The minimum absolute atomic E-state index is 0.0896. The van der Waals surface area contributed by atoms with E-state index in [4.69, 9.17) is 5.73 Å². The third-order valence-electron chi connectivity index (χ3n) is 4.32. The lowest BCUT2D eigenvalue weighted by Gasteiger charge is -2.26. The van der Waals surface area contributed by atoms with Gasteiger partial charge in [0.2, 0.25) is 0 Å². The van der Waals surface area contributed by atoms with Gasteiger partial charge in [0, 0.05) is 12.1 Å². The maximum Gasteiger partial charge on any atom is 0.275 e. The number of hydrogen-bond donors (Lipinski definition) is 3. The summed E-state index contributed by atoms with van der Waals surface area (Å²) < 4.78 is 14.6. The van der Waals surface area contributed by atoms with Crippen LogP contribution in [-0.2, 0) is 0 Å². The molecule has 0 saturated carbocycles. The summed E-state index contributed by atoms with van der Waals surface area (Å²) in [5.41, 5.74) is 6.80. The predicted molar refractivity (Wildman–Crippen MR) is 89.8 cm³/mol. The number of carbonyl (C=O) groups excluding carboxylic acids is 1. The molecule has 6 nitrogen and oxygen atoms in total. The molecule has 0 saturated heterocycles. The van der Waals surface area contributed by atoms with Crippen LogP contribution in [0.15, 0.2) is 24.4 Å². The Hall–Kier alpha value is -2.41. The van der Waals surface area contributed by atoms with Crippen molar-refractivity contribution >= 4 is 5.91 Å². The lowest BCUT2D eigenvalue weighted by Crippen LogP contribution is -2.49. The zero-order chi connectivity index (χ0) is 17.9. The van der Waals surface area contributed by atoms with E-state index in [1.807, 2.05) is 13.8 Å². The minimum atomic E-state index is -0.497. The molecule has 1 aromatic heterocycles. The average Bonchev–Trinajstić information content (AvgIpc) is 2.94. The molecule has 7 heteroatoms. The lowest BCUT2D eigenvalue weighted by molar-refractivity contribution is 0.0934. The van der Waals surface area contributed by atoms with Gasteiger partial charge < -0.3 is 16.2 Å². The van der Waals surface area contributed by atoms with E-state index in [0.717, 1.165) is 12.8 Å². The second kappa shape index (κ2) is 7.00. The number of benzene rings is 1. The summed E-state index contributed by atoms with van der Waals surface area (Å²) in [6.07, 6.45) is 2.77. The molecule has 0 aliphatic heterocycles. The molecule has 1 amide bonds. The highest BCUT2D eigenvalue weighted by Crippen LogP contribution is 2.21. The van der Waals surface area contributed by atoms with Gasteiger partial charge in [-0.25, -0.2) is 9.07 Å². The van der Waals surface area contributed by atoms with E-state index in [9.17, 15) is 14.3 Å². The number of hydrogen-bond acceptors (Lipinski definition) is 4. The summed E-state index contributed by atoms with van der Waals surface area (Å²) in [5, 5.41) is 16.8. The molecule has 2 aromatic rings. The Balaban J connectivity index is 2.21. The molecule has 24 heavy (non-hydrogen) atoms. The van der Waals surface area contributed by atoms with Crippen molar-refractivity contribution in [3.63, 3.8) is 0 Å². The maximum absolute atomic E-state index is 13.2. The zero-order valence-corrected chi connectivity index (χ0v) is 14.1. The summed E-state index contributed by atoms with van der Waals surface area (Å²) in [6, 6.07) is 4.20. The number of halogens is 1. The first-order valence-electron chi connectivity index (χ1n) is 7.92. The van der Waals surface area contributed by atoms with Gasteiger partial charge in [-0.05, 0) is 43.5 Å². The van der Waals surface area contributed by atoms with Crippen molar-refractivity contribution in [1.29, 1.82) is 0 Å². The summed E-state index contributed by atoms with van der Waals surface area (Å²) in [4.78, 5) is 12.3. The molecule has 1 heterocycles. The summed E-state index contributed by atoms with van der Waals surface area (Å²) in [7, 11) is 0. The Bertz CT molecular complexity index is 738. The first-order chi connectivity index (χ1) is 11.3. The number of nitrogens with zero attached hydrogens (tertiary/aromatic N) is 2. The molecule has 0 aliphatic carbocycles. The summed E-state index contributed by atoms with van der Waals surface area (Å²) in [5.74, 6) is -1.10. The lowest BCUT2D eigenvalue weighted by atomic mass is 9.94. The standard InChI is InChI=1S/C17H23FN4O2/c1-4-17(19,5-2)10-20-16(24)15-14(23)9-22(21-15)13-7-6-12(18)8-11(13)3/h6-9,23H,4-5,10,19H2,1-3H3,(H,20,24). The van der Waals surface area contributed by atoms with Crippen LogP contribution in [0.5, 0.6) is 5.75 Å². The van der Waals surface area contributed by atoms with Gasteiger partial charge in [0.25, 0.3) is 5.91 Å². The largest absolute Gasteiger partial charge is 0.504 e. The molecule has 4 N–H and O–H groups in total. The van der Waals surface area contributed by atoms with Crippen LogP contribution in [-0.4, -0.2) is 32.9 Å². The van der Waals surface area contributed by atoms with Crippen LogP contribution in [0.2, 0.25) is 0 Å². The van der Waals surface area contributed by atoms with Crippen molar-refractivity contribution in [2.24, 2.45) is 5.73 Å². The minimum Gasteiger partial charge on any atom is -0.504 e. The van der Waals surface area contributed by atoms with Gasteiger partial charge in [0.1, 0.15) is 5.82 Å². The van der Waals surface area contributed by atoms with Gasteiger partial charge in [-0.15, -0.1) is 0 Å². The van der Waals surface area contributed by atoms with E-state index in [1.54, 1.807) is 6.92 Å². The Morgan fingerprint density at radius 1 is 1.42 bits per heavy atom. The van der Waals surface area contributed by atoms with E-state index in [-0.39, 0.29) is 17.3 Å². The Morgan fingerprint density at radius 3 is 2.67 bits per heavy atom. The van der Waals surface area contributed by atoms with Crippen LogP contribution in [0.25, 0.3) is 5.69 Å². The third-order valence-corrected chi connectivity index (χ3v) is 4.32. The van der Waals surface area contributed by atoms with Gasteiger partial charge in [0.05, 0.1) is 11.9 Å². The molecule has 0 fully saturated rings. The Morgan fingerprint density at radius 2 is 2.08 bits per heavy atom. The molecule has 0 bridgehead atoms. The van der Waals surface area contributed by atoms with E-state index in [2.05, 4.69) is 10.4 Å². The first kappa shape index (κ1) is 17.9. The Labute approximate surface area is 140 Å². The molecule has 130 valence electrons. The molecule has 1 aromatic carbocycles. The average molecular weight is 334 g/mol. The summed E-state index contributed by atoms with van der Waals surface area (Å²) >= 11 is 0. The normalized spacial score (nSPS) is 11.5. The van der Waals surface area contributed by atoms with Crippen molar-refractivity contribution in [3.05, 3.63) is 41.5 Å². The van der Waals surface area contributed by atoms with Gasteiger partial charge in [-0.1, -0.05) is 13.8 Å². The van der Waals surface area contributed by atoms with Gasteiger partial charge >= 0.3 is 0 Å². The molecular weight excluding hydrogens is 311 g/mol. The Kier molecular flexibility index (Phi) is 5.23. The number of aryl methyl sites for hydroxylation is 1. The fourth-order valence-corrected chi connectivity index (χ4v) is 2.37. The van der Waals surface area contributed by atoms with E-state index < -0.39 is 11.4 Å². The number of aromatic nitrogens is 2. The van der Waals surface area contributed by atoms with Gasteiger partial charge in [-0.3, -0.25) is 4.79 Å². The van der Waals surface area contributed by atoms with Crippen molar-refractivity contribution in [3.8, 4) is 11.4 Å². The quantitative estimate of drug-likeness (QED) is 0.755. The molecule has 0 aliphatic rings. The van der Waals surface area contributed by atoms with Crippen LogP contribution in [0.3, 0.4) is 0 Å². The monoisotopic (exact) mass is 334 g/mol. The van der Waals surface area contributed by atoms with E-state index in [1.165, 1.54) is 29.1 Å². The topological polar surface area (TPSA) is 93.2 Å². The number of nitrogens with two attached hydrogens (primary N) is 1. The fraction of sp³-hybridized carbons (Fsp3) is 0.412. The van der Waals surface area contributed by atoms with Crippen LogP contribution < -0.4 is 11.1 Å². The van der Waals surface area contributed by atoms with Crippen molar-refractivity contribution in [2.45, 2.75) is 39.2 Å². The van der Waals surface area contributed by atoms with Gasteiger partial charge in [-0.2, -0.15) is 5.10 Å². The SMILES string of the molecule is CCC(N)(CC)CNC(=O)c1nn(-c2ccc(F)cc2C)cc1O. The van der Waals surface area contributed by atoms with Crippen molar-refractivity contribution < 1.29 is 14.3 Å². The maximum atomic E-state index is 13.2. The summed E-state index contributed by atoms with van der Waals surface area (Å²) in [6.45, 7) is 5.93. The van der Waals surface area contributed by atoms with E-state index in [0.29, 0.717) is 17.8 Å². The zero-order valence-electron chi connectivity index (χ0n) is 14.1. The highest BCUT2D eigenvalue weighted by atomic mass is 19.1. The molecule has 0 spiro atoms. The number of rotatable bonds is 6.